The van der Waals surface area contributed by atoms with Gasteiger partial charge in [0.05, 0.1) is 7.11 Å². The fraction of sp³-hybridized carbons (Fsp3) is 0.300. The number of hydrogen-bond donors (Lipinski definition) is 1. The van der Waals surface area contributed by atoms with Gasteiger partial charge in [0.2, 0.25) is 0 Å². The lowest BCUT2D eigenvalue weighted by Crippen LogP contribution is -2.13. The summed E-state index contributed by atoms with van der Waals surface area (Å²) in [7, 11) is 0.842. The number of ether oxygens (including phenoxy) is 1. The molecular formula is C10H8F4O3. The van der Waals surface area contributed by atoms with Crippen molar-refractivity contribution in [1.82, 2.24) is 0 Å². The SMILES string of the molecule is COc1c(C(F)(F)F)cc(C)c(C(=O)O)c1F. The van der Waals surface area contributed by atoms with E-state index in [0.29, 0.717) is 6.07 Å². The zero-order chi connectivity index (χ0) is 13.4. The average molecular weight is 252 g/mol. The van der Waals surface area contributed by atoms with E-state index >= 15 is 0 Å². The van der Waals surface area contributed by atoms with Crippen LogP contribution in [-0.2, 0) is 6.18 Å². The van der Waals surface area contributed by atoms with Crippen molar-refractivity contribution in [2.45, 2.75) is 13.1 Å². The van der Waals surface area contributed by atoms with E-state index in [0.717, 1.165) is 14.0 Å². The molecule has 0 atom stereocenters. The third-order valence-corrected chi connectivity index (χ3v) is 2.14. The zero-order valence-electron chi connectivity index (χ0n) is 8.85. The van der Waals surface area contributed by atoms with Crippen LogP contribution in [0.15, 0.2) is 6.07 Å². The van der Waals surface area contributed by atoms with Gasteiger partial charge in [0.15, 0.2) is 11.6 Å². The van der Waals surface area contributed by atoms with Crippen molar-refractivity contribution in [3.8, 4) is 5.75 Å². The zero-order valence-corrected chi connectivity index (χ0v) is 8.85. The Balaban J connectivity index is 3.64. The summed E-state index contributed by atoms with van der Waals surface area (Å²) in [4.78, 5) is 10.7. The molecule has 7 heteroatoms. The lowest BCUT2D eigenvalue weighted by atomic mass is 10.0. The number of aryl methyl sites for hydroxylation is 1. The minimum absolute atomic E-state index is 0.317. The second-order valence-electron chi connectivity index (χ2n) is 3.27. The van der Waals surface area contributed by atoms with Crippen LogP contribution in [0.3, 0.4) is 0 Å². The van der Waals surface area contributed by atoms with Crippen LogP contribution in [-0.4, -0.2) is 18.2 Å². The molecule has 0 saturated carbocycles. The highest BCUT2D eigenvalue weighted by atomic mass is 19.4. The van der Waals surface area contributed by atoms with Gasteiger partial charge >= 0.3 is 12.1 Å². The number of benzene rings is 1. The van der Waals surface area contributed by atoms with Crippen molar-refractivity contribution >= 4 is 5.97 Å². The summed E-state index contributed by atoms with van der Waals surface area (Å²) in [6.45, 7) is 1.08. The van der Waals surface area contributed by atoms with Crippen molar-refractivity contribution in [2.24, 2.45) is 0 Å². The summed E-state index contributed by atoms with van der Waals surface area (Å²) in [5, 5.41) is 8.68. The van der Waals surface area contributed by atoms with E-state index in [1.807, 2.05) is 0 Å². The lowest BCUT2D eigenvalue weighted by Gasteiger charge is -2.15. The number of carboxylic acids is 1. The molecule has 0 aliphatic heterocycles. The molecule has 0 heterocycles. The predicted octanol–water partition coefficient (Wildman–Crippen LogP) is 2.86. The molecule has 0 radical (unpaired) electrons. The second kappa shape index (κ2) is 4.23. The molecule has 17 heavy (non-hydrogen) atoms. The Kier molecular flexibility index (Phi) is 3.30. The molecule has 1 rings (SSSR count). The molecular weight excluding hydrogens is 244 g/mol. The second-order valence-corrected chi connectivity index (χ2v) is 3.27. The van der Waals surface area contributed by atoms with Gasteiger partial charge in [-0.2, -0.15) is 13.2 Å². The van der Waals surface area contributed by atoms with Gasteiger partial charge < -0.3 is 9.84 Å². The van der Waals surface area contributed by atoms with Crippen LogP contribution in [0.25, 0.3) is 0 Å². The average Bonchev–Trinajstić information content (AvgIpc) is 2.14. The number of halogens is 4. The van der Waals surface area contributed by atoms with Gasteiger partial charge in [-0.1, -0.05) is 0 Å². The summed E-state index contributed by atoms with van der Waals surface area (Å²) in [6, 6.07) is 0.547. The highest BCUT2D eigenvalue weighted by molar-refractivity contribution is 5.90. The first-order chi connectivity index (χ1) is 7.70. The molecule has 0 amide bonds. The van der Waals surface area contributed by atoms with Gasteiger partial charge in [-0.15, -0.1) is 0 Å². The topological polar surface area (TPSA) is 46.5 Å². The fourth-order valence-electron chi connectivity index (χ4n) is 1.43. The molecule has 0 aliphatic rings. The molecule has 0 spiro atoms. The number of alkyl halides is 3. The molecule has 0 bridgehead atoms. The maximum absolute atomic E-state index is 13.6. The highest BCUT2D eigenvalue weighted by Gasteiger charge is 2.38. The maximum atomic E-state index is 13.6. The molecule has 0 fully saturated rings. The van der Waals surface area contributed by atoms with Crippen LogP contribution < -0.4 is 4.74 Å². The molecule has 0 unspecified atom stereocenters. The van der Waals surface area contributed by atoms with Crippen LogP contribution >= 0.6 is 0 Å². The van der Waals surface area contributed by atoms with Gasteiger partial charge in [-0.05, 0) is 18.6 Å². The van der Waals surface area contributed by atoms with Crippen molar-refractivity contribution in [2.75, 3.05) is 7.11 Å². The summed E-state index contributed by atoms with van der Waals surface area (Å²) in [5.74, 6) is -4.28. The Morgan fingerprint density at radius 1 is 1.41 bits per heavy atom. The minimum Gasteiger partial charge on any atom is -0.493 e. The number of aromatic carboxylic acids is 1. The first-order valence-electron chi connectivity index (χ1n) is 4.37. The van der Waals surface area contributed by atoms with Crippen LogP contribution in [0.1, 0.15) is 21.5 Å². The van der Waals surface area contributed by atoms with Gasteiger partial charge in [-0.3, -0.25) is 0 Å². The fourth-order valence-corrected chi connectivity index (χ4v) is 1.43. The number of methoxy groups -OCH3 is 1. The van der Waals surface area contributed by atoms with Crippen LogP contribution in [0, 0.1) is 12.7 Å². The summed E-state index contributed by atoms with van der Waals surface area (Å²) in [5.41, 5.74) is -2.47. The largest absolute Gasteiger partial charge is 0.493 e. The normalized spacial score (nSPS) is 11.4. The van der Waals surface area contributed by atoms with Crippen LogP contribution in [0.2, 0.25) is 0 Å². The lowest BCUT2D eigenvalue weighted by molar-refractivity contribution is -0.139. The first kappa shape index (κ1) is 13.3. The molecule has 3 nitrogen and oxygen atoms in total. The molecule has 0 saturated heterocycles. The molecule has 1 aromatic rings. The standard InChI is InChI=1S/C10H8F4O3/c1-4-3-5(10(12,13)14)8(17-2)7(11)6(4)9(15)16/h3H,1-2H3,(H,15,16). The number of rotatable bonds is 2. The van der Waals surface area contributed by atoms with Crippen LogP contribution in [0.5, 0.6) is 5.75 Å². The van der Waals surface area contributed by atoms with E-state index in [4.69, 9.17) is 5.11 Å². The van der Waals surface area contributed by atoms with Crippen molar-refractivity contribution in [3.05, 3.63) is 28.6 Å². The maximum Gasteiger partial charge on any atom is 0.420 e. The van der Waals surface area contributed by atoms with E-state index in [2.05, 4.69) is 4.74 Å². The summed E-state index contributed by atoms with van der Waals surface area (Å²) >= 11 is 0. The Bertz CT molecular complexity index is 466. The third kappa shape index (κ3) is 2.32. The van der Waals surface area contributed by atoms with Crippen molar-refractivity contribution in [3.63, 3.8) is 0 Å². The third-order valence-electron chi connectivity index (χ3n) is 2.14. The van der Waals surface area contributed by atoms with E-state index in [1.54, 1.807) is 0 Å². The summed E-state index contributed by atoms with van der Waals surface area (Å²) in [6.07, 6.45) is -4.81. The van der Waals surface area contributed by atoms with Crippen molar-refractivity contribution < 1.29 is 32.2 Å². The number of carbonyl (C=O) groups is 1. The van der Waals surface area contributed by atoms with Gasteiger partial charge in [0.25, 0.3) is 0 Å². The van der Waals surface area contributed by atoms with Crippen LogP contribution in [0.4, 0.5) is 17.6 Å². The molecule has 94 valence electrons. The first-order valence-corrected chi connectivity index (χ1v) is 4.37. The Morgan fingerprint density at radius 3 is 2.29 bits per heavy atom. The van der Waals surface area contributed by atoms with Gasteiger partial charge in [0, 0.05) is 0 Å². The summed E-state index contributed by atoms with van der Waals surface area (Å²) < 4.78 is 55.5. The molecule has 0 aromatic heterocycles. The Hall–Kier alpha value is -1.79. The van der Waals surface area contributed by atoms with Gasteiger partial charge in [0.1, 0.15) is 11.1 Å². The quantitative estimate of drug-likeness (QED) is 0.823. The molecule has 1 aromatic carbocycles. The van der Waals surface area contributed by atoms with Gasteiger partial charge in [-0.25, -0.2) is 9.18 Å². The van der Waals surface area contributed by atoms with E-state index in [9.17, 15) is 22.4 Å². The van der Waals surface area contributed by atoms with E-state index in [-0.39, 0.29) is 5.56 Å². The monoisotopic (exact) mass is 252 g/mol. The molecule has 1 N–H and O–H groups in total. The van der Waals surface area contributed by atoms with E-state index in [1.165, 1.54) is 0 Å². The molecule has 0 aliphatic carbocycles. The minimum atomic E-state index is -4.81. The number of hydrogen-bond acceptors (Lipinski definition) is 2. The smallest absolute Gasteiger partial charge is 0.420 e. The highest BCUT2D eigenvalue weighted by Crippen LogP contribution is 2.39. The predicted molar refractivity (Wildman–Crippen MR) is 49.7 cm³/mol. The van der Waals surface area contributed by atoms with E-state index < -0.39 is 34.8 Å². The Morgan fingerprint density at radius 2 is 1.94 bits per heavy atom. The number of carboxylic acid groups (broad SMARTS) is 1. The van der Waals surface area contributed by atoms with Crippen molar-refractivity contribution in [1.29, 1.82) is 0 Å². The Labute approximate surface area is 93.6 Å².